The third-order valence-corrected chi connectivity index (χ3v) is 3.70. The van der Waals surface area contributed by atoms with Crippen molar-refractivity contribution in [1.29, 1.82) is 0 Å². The molecular weight excluding hydrogens is 192 g/mol. The van der Waals surface area contributed by atoms with E-state index >= 15 is 0 Å². The van der Waals surface area contributed by atoms with E-state index in [-0.39, 0.29) is 5.54 Å². The highest BCUT2D eigenvalue weighted by atomic mass is 16.5. The van der Waals surface area contributed by atoms with Crippen molar-refractivity contribution in [3.8, 4) is 0 Å². The zero-order valence-corrected chi connectivity index (χ0v) is 9.58. The van der Waals surface area contributed by atoms with Gasteiger partial charge < -0.3 is 15.2 Å². The number of hydrogen-bond acceptors (Lipinski definition) is 4. The summed E-state index contributed by atoms with van der Waals surface area (Å²) in [6.07, 6.45) is 2.46. The predicted molar refractivity (Wildman–Crippen MR) is 58.8 cm³/mol. The summed E-state index contributed by atoms with van der Waals surface area (Å²) in [5.41, 5.74) is 6.16. The molecule has 4 nitrogen and oxygen atoms in total. The molecule has 2 N–H and O–H groups in total. The first kappa shape index (κ1) is 11.3. The van der Waals surface area contributed by atoms with Gasteiger partial charge >= 0.3 is 0 Å². The molecule has 4 heteroatoms. The van der Waals surface area contributed by atoms with Crippen LogP contribution in [0.1, 0.15) is 19.8 Å². The summed E-state index contributed by atoms with van der Waals surface area (Å²) in [5.74, 6) is 0. The van der Waals surface area contributed by atoms with Gasteiger partial charge in [0, 0.05) is 31.8 Å². The summed E-state index contributed by atoms with van der Waals surface area (Å²) in [6.45, 7) is 7.45. The average Bonchev–Trinajstić information content (AvgIpc) is 2.30. The van der Waals surface area contributed by atoms with Gasteiger partial charge in [0.1, 0.15) is 0 Å². The normalized spacial score (nSPS) is 39.2. The van der Waals surface area contributed by atoms with Gasteiger partial charge in [0.15, 0.2) is 0 Å². The van der Waals surface area contributed by atoms with Gasteiger partial charge in [0.05, 0.1) is 19.3 Å². The molecule has 2 saturated heterocycles. The van der Waals surface area contributed by atoms with Crippen LogP contribution in [-0.2, 0) is 9.47 Å². The Bertz CT molecular complexity index is 207. The molecule has 0 aromatic heterocycles. The standard InChI is InChI=1S/C11H22N2O2/c1-10-8-11(9-12,2-5-15-10)13-3-6-14-7-4-13/h10H,2-9,12H2,1H3. The number of ether oxygens (including phenoxy) is 2. The number of rotatable bonds is 2. The topological polar surface area (TPSA) is 47.7 Å². The molecule has 0 spiro atoms. The minimum absolute atomic E-state index is 0.168. The van der Waals surface area contributed by atoms with Crippen LogP contribution >= 0.6 is 0 Å². The van der Waals surface area contributed by atoms with Gasteiger partial charge in [0.25, 0.3) is 0 Å². The molecule has 2 aliphatic heterocycles. The lowest BCUT2D eigenvalue weighted by atomic mass is 9.85. The Hall–Kier alpha value is -0.160. The highest BCUT2D eigenvalue weighted by molar-refractivity contribution is 4.96. The Balaban J connectivity index is 2.04. The lowest BCUT2D eigenvalue weighted by Crippen LogP contribution is -2.60. The second kappa shape index (κ2) is 4.78. The van der Waals surface area contributed by atoms with E-state index in [1.165, 1.54) is 0 Å². The Morgan fingerprint density at radius 3 is 2.67 bits per heavy atom. The summed E-state index contributed by atoms with van der Waals surface area (Å²) in [6, 6.07) is 0. The summed E-state index contributed by atoms with van der Waals surface area (Å²) in [7, 11) is 0. The first-order chi connectivity index (χ1) is 7.27. The molecule has 0 amide bonds. The van der Waals surface area contributed by atoms with E-state index in [4.69, 9.17) is 15.2 Å². The molecule has 0 saturated carbocycles. The van der Waals surface area contributed by atoms with Crippen molar-refractivity contribution in [1.82, 2.24) is 4.90 Å². The number of morpholine rings is 1. The van der Waals surface area contributed by atoms with Crippen molar-refractivity contribution in [2.45, 2.75) is 31.4 Å². The van der Waals surface area contributed by atoms with Gasteiger partial charge in [-0.3, -0.25) is 4.90 Å². The number of nitrogens with zero attached hydrogens (tertiary/aromatic N) is 1. The Morgan fingerprint density at radius 2 is 2.07 bits per heavy atom. The van der Waals surface area contributed by atoms with E-state index in [2.05, 4.69) is 11.8 Å². The minimum Gasteiger partial charge on any atom is -0.379 e. The molecule has 2 atom stereocenters. The molecule has 0 aliphatic carbocycles. The summed E-state index contributed by atoms with van der Waals surface area (Å²) < 4.78 is 11.0. The molecular formula is C11H22N2O2. The highest BCUT2D eigenvalue weighted by Crippen LogP contribution is 2.30. The SMILES string of the molecule is CC1CC(CN)(N2CCOCC2)CCO1. The van der Waals surface area contributed by atoms with Crippen LogP contribution in [0.5, 0.6) is 0 Å². The van der Waals surface area contributed by atoms with Crippen molar-refractivity contribution in [2.24, 2.45) is 5.73 Å². The molecule has 0 bridgehead atoms. The quantitative estimate of drug-likeness (QED) is 0.714. The van der Waals surface area contributed by atoms with E-state index in [0.29, 0.717) is 6.10 Å². The number of hydrogen-bond donors (Lipinski definition) is 1. The van der Waals surface area contributed by atoms with Gasteiger partial charge in [-0.25, -0.2) is 0 Å². The molecule has 2 aliphatic rings. The molecule has 2 heterocycles. The van der Waals surface area contributed by atoms with Crippen LogP contribution in [-0.4, -0.2) is 56.0 Å². The van der Waals surface area contributed by atoms with Gasteiger partial charge in [-0.15, -0.1) is 0 Å². The van der Waals surface area contributed by atoms with E-state index in [9.17, 15) is 0 Å². The summed E-state index contributed by atoms with van der Waals surface area (Å²) in [5, 5.41) is 0. The Morgan fingerprint density at radius 1 is 1.33 bits per heavy atom. The predicted octanol–water partition coefficient (Wildman–Crippen LogP) is 0.215. The maximum absolute atomic E-state index is 5.99. The zero-order valence-electron chi connectivity index (χ0n) is 9.58. The molecule has 0 aromatic carbocycles. The van der Waals surface area contributed by atoms with Gasteiger partial charge in [0.2, 0.25) is 0 Å². The zero-order chi connectivity index (χ0) is 10.7. The Labute approximate surface area is 91.7 Å². The third-order valence-electron chi connectivity index (χ3n) is 3.70. The van der Waals surface area contributed by atoms with E-state index < -0.39 is 0 Å². The van der Waals surface area contributed by atoms with E-state index in [1.807, 2.05) is 0 Å². The summed E-state index contributed by atoms with van der Waals surface area (Å²) >= 11 is 0. The van der Waals surface area contributed by atoms with Gasteiger partial charge in [-0.1, -0.05) is 0 Å². The average molecular weight is 214 g/mol. The van der Waals surface area contributed by atoms with Crippen molar-refractivity contribution < 1.29 is 9.47 Å². The smallest absolute Gasteiger partial charge is 0.0594 e. The molecule has 0 radical (unpaired) electrons. The van der Waals surface area contributed by atoms with E-state index in [0.717, 1.165) is 52.3 Å². The Kier molecular flexibility index (Phi) is 3.61. The van der Waals surface area contributed by atoms with Crippen LogP contribution in [0.15, 0.2) is 0 Å². The molecule has 15 heavy (non-hydrogen) atoms. The lowest BCUT2D eigenvalue weighted by molar-refractivity contribution is -0.0911. The maximum Gasteiger partial charge on any atom is 0.0594 e. The molecule has 2 unspecified atom stereocenters. The molecule has 88 valence electrons. The van der Waals surface area contributed by atoms with Crippen molar-refractivity contribution in [2.75, 3.05) is 39.5 Å². The van der Waals surface area contributed by atoms with Crippen molar-refractivity contribution in [3.63, 3.8) is 0 Å². The fourth-order valence-corrected chi connectivity index (χ4v) is 2.79. The largest absolute Gasteiger partial charge is 0.379 e. The van der Waals surface area contributed by atoms with Crippen LogP contribution in [0.25, 0.3) is 0 Å². The highest BCUT2D eigenvalue weighted by Gasteiger charge is 2.40. The monoisotopic (exact) mass is 214 g/mol. The van der Waals surface area contributed by atoms with Crippen LogP contribution < -0.4 is 5.73 Å². The number of nitrogens with two attached hydrogens (primary N) is 1. The van der Waals surface area contributed by atoms with Gasteiger partial charge in [-0.2, -0.15) is 0 Å². The first-order valence-electron chi connectivity index (χ1n) is 5.91. The van der Waals surface area contributed by atoms with Crippen LogP contribution in [0.3, 0.4) is 0 Å². The van der Waals surface area contributed by atoms with Crippen molar-refractivity contribution in [3.05, 3.63) is 0 Å². The fraction of sp³-hybridized carbons (Fsp3) is 1.00. The fourth-order valence-electron chi connectivity index (χ4n) is 2.79. The van der Waals surface area contributed by atoms with Gasteiger partial charge in [-0.05, 0) is 19.8 Å². The first-order valence-corrected chi connectivity index (χ1v) is 5.91. The minimum atomic E-state index is 0.168. The summed E-state index contributed by atoms with van der Waals surface area (Å²) in [4.78, 5) is 2.51. The maximum atomic E-state index is 5.99. The van der Waals surface area contributed by atoms with Crippen LogP contribution in [0, 0.1) is 0 Å². The molecule has 2 rings (SSSR count). The van der Waals surface area contributed by atoms with E-state index in [1.54, 1.807) is 0 Å². The lowest BCUT2D eigenvalue weighted by Gasteiger charge is -2.48. The second-order valence-corrected chi connectivity index (χ2v) is 4.66. The van der Waals surface area contributed by atoms with Crippen LogP contribution in [0.2, 0.25) is 0 Å². The second-order valence-electron chi connectivity index (χ2n) is 4.66. The molecule has 2 fully saturated rings. The van der Waals surface area contributed by atoms with Crippen LogP contribution in [0.4, 0.5) is 0 Å². The molecule has 0 aromatic rings. The van der Waals surface area contributed by atoms with Crippen molar-refractivity contribution >= 4 is 0 Å². The third kappa shape index (κ3) is 2.33.